The van der Waals surface area contributed by atoms with Crippen LogP contribution < -0.4 is 15.8 Å². The molecule has 0 heterocycles. The molecule has 0 aromatic heterocycles. The summed E-state index contributed by atoms with van der Waals surface area (Å²) in [6.07, 6.45) is 2.06. The Morgan fingerprint density at radius 2 is 2.17 bits per heavy atom. The predicted molar refractivity (Wildman–Crippen MR) is 66.4 cm³/mol. The first-order valence-corrected chi connectivity index (χ1v) is 5.89. The Bertz CT molecular complexity index is 481. The van der Waals surface area contributed by atoms with Gasteiger partial charge < -0.3 is 15.8 Å². The SMILES string of the molecule is Cc1ccc(C(N)=O)c(OCC(=O)NC2CC2)c1. The molecule has 0 saturated heterocycles. The summed E-state index contributed by atoms with van der Waals surface area (Å²) in [6, 6.07) is 5.38. The maximum Gasteiger partial charge on any atom is 0.258 e. The second-order valence-electron chi connectivity index (χ2n) is 4.49. The Hall–Kier alpha value is -2.04. The van der Waals surface area contributed by atoms with Gasteiger partial charge in [-0.3, -0.25) is 9.59 Å². The molecular weight excluding hydrogens is 232 g/mol. The highest BCUT2D eigenvalue weighted by Gasteiger charge is 2.23. The highest BCUT2D eigenvalue weighted by molar-refractivity contribution is 5.95. The van der Waals surface area contributed by atoms with E-state index in [1.165, 1.54) is 0 Å². The van der Waals surface area contributed by atoms with Gasteiger partial charge in [0.1, 0.15) is 5.75 Å². The number of nitrogens with two attached hydrogens (primary N) is 1. The molecule has 18 heavy (non-hydrogen) atoms. The number of carbonyl (C=O) groups excluding carboxylic acids is 2. The van der Waals surface area contributed by atoms with Crippen LogP contribution >= 0.6 is 0 Å². The van der Waals surface area contributed by atoms with Crippen LogP contribution in [0.3, 0.4) is 0 Å². The van der Waals surface area contributed by atoms with Crippen LogP contribution in [-0.4, -0.2) is 24.5 Å². The summed E-state index contributed by atoms with van der Waals surface area (Å²) in [5.41, 5.74) is 6.48. The number of nitrogens with one attached hydrogen (secondary N) is 1. The van der Waals surface area contributed by atoms with E-state index in [0.29, 0.717) is 17.4 Å². The molecule has 1 aliphatic carbocycles. The maximum atomic E-state index is 11.5. The topological polar surface area (TPSA) is 81.4 Å². The molecule has 0 bridgehead atoms. The van der Waals surface area contributed by atoms with E-state index in [1.807, 2.05) is 6.92 Å². The number of benzene rings is 1. The summed E-state index contributed by atoms with van der Waals surface area (Å²) in [5, 5.41) is 2.81. The van der Waals surface area contributed by atoms with Crippen LogP contribution in [0.25, 0.3) is 0 Å². The first-order valence-electron chi connectivity index (χ1n) is 5.89. The van der Waals surface area contributed by atoms with Gasteiger partial charge in [0.15, 0.2) is 6.61 Å². The third kappa shape index (κ3) is 3.23. The van der Waals surface area contributed by atoms with Gasteiger partial charge in [0.2, 0.25) is 0 Å². The molecule has 1 aromatic carbocycles. The minimum Gasteiger partial charge on any atom is -0.483 e. The van der Waals surface area contributed by atoms with Crippen molar-refractivity contribution in [1.82, 2.24) is 5.32 Å². The van der Waals surface area contributed by atoms with Crippen LogP contribution in [0.2, 0.25) is 0 Å². The van der Waals surface area contributed by atoms with Crippen LogP contribution in [0, 0.1) is 6.92 Å². The lowest BCUT2D eigenvalue weighted by Gasteiger charge is -2.10. The Labute approximate surface area is 105 Å². The first-order chi connectivity index (χ1) is 8.56. The zero-order chi connectivity index (χ0) is 13.1. The Kier molecular flexibility index (Phi) is 3.50. The minimum atomic E-state index is -0.562. The predicted octanol–water partition coefficient (Wildman–Crippen LogP) is 0.751. The van der Waals surface area contributed by atoms with Gasteiger partial charge in [0, 0.05) is 6.04 Å². The standard InChI is InChI=1S/C13H16N2O3/c1-8-2-5-10(13(14)17)11(6-8)18-7-12(16)15-9-3-4-9/h2,5-6,9H,3-4,7H2,1H3,(H2,14,17)(H,15,16). The Balaban J connectivity index is 2.00. The Morgan fingerprint density at radius 1 is 1.44 bits per heavy atom. The van der Waals surface area contributed by atoms with Crippen LogP contribution in [0.15, 0.2) is 18.2 Å². The molecule has 1 fully saturated rings. The van der Waals surface area contributed by atoms with E-state index < -0.39 is 5.91 Å². The Morgan fingerprint density at radius 3 is 2.78 bits per heavy atom. The second-order valence-corrected chi connectivity index (χ2v) is 4.49. The highest BCUT2D eigenvalue weighted by atomic mass is 16.5. The quantitative estimate of drug-likeness (QED) is 0.806. The van der Waals surface area contributed by atoms with E-state index in [1.54, 1.807) is 18.2 Å². The molecule has 1 aliphatic rings. The van der Waals surface area contributed by atoms with Gasteiger partial charge in [-0.1, -0.05) is 6.07 Å². The first kappa shape index (κ1) is 12.4. The van der Waals surface area contributed by atoms with Crippen molar-refractivity contribution in [2.75, 3.05) is 6.61 Å². The van der Waals surface area contributed by atoms with Crippen LogP contribution in [0.4, 0.5) is 0 Å². The highest BCUT2D eigenvalue weighted by Crippen LogP contribution is 2.20. The molecule has 0 aliphatic heterocycles. The lowest BCUT2D eigenvalue weighted by molar-refractivity contribution is -0.123. The summed E-state index contributed by atoms with van der Waals surface area (Å²) < 4.78 is 5.36. The maximum absolute atomic E-state index is 11.5. The fourth-order valence-electron chi connectivity index (χ4n) is 1.59. The number of hydrogen-bond acceptors (Lipinski definition) is 3. The van der Waals surface area contributed by atoms with Crippen molar-refractivity contribution < 1.29 is 14.3 Å². The fraction of sp³-hybridized carbons (Fsp3) is 0.385. The van der Waals surface area contributed by atoms with Crippen molar-refractivity contribution >= 4 is 11.8 Å². The smallest absolute Gasteiger partial charge is 0.258 e. The van der Waals surface area contributed by atoms with Crippen molar-refractivity contribution in [3.8, 4) is 5.75 Å². The van der Waals surface area contributed by atoms with Crippen molar-refractivity contribution in [1.29, 1.82) is 0 Å². The molecule has 5 heteroatoms. The zero-order valence-corrected chi connectivity index (χ0v) is 10.2. The third-order valence-electron chi connectivity index (χ3n) is 2.70. The molecule has 1 aromatic rings. The van der Waals surface area contributed by atoms with E-state index in [2.05, 4.69) is 5.32 Å². The summed E-state index contributed by atoms with van der Waals surface area (Å²) in [6.45, 7) is 1.78. The molecule has 2 rings (SSSR count). The number of aryl methyl sites for hydroxylation is 1. The number of primary amides is 1. The molecule has 2 amide bonds. The van der Waals surface area contributed by atoms with Crippen molar-refractivity contribution in [2.45, 2.75) is 25.8 Å². The third-order valence-corrected chi connectivity index (χ3v) is 2.70. The van der Waals surface area contributed by atoms with Gasteiger partial charge in [-0.2, -0.15) is 0 Å². The number of hydrogen-bond donors (Lipinski definition) is 2. The fourth-order valence-corrected chi connectivity index (χ4v) is 1.59. The molecule has 5 nitrogen and oxygen atoms in total. The molecule has 0 atom stereocenters. The van der Waals surface area contributed by atoms with E-state index in [-0.39, 0.29) is 12.5 Å². The lowest BCUT2D eigenvalue weighted by atomic mass is 10.1. The second kappa shape index (κ2) is 5.08. The zero-order valence-electron chi connectivity index (χ0n) is 10.2. The molecule has 0 radical (unpaired) electrons. The summed E-state index contributed by atoms with van der Waals surface area (Å²) >= 11 is 0. The average molecular weight is 248 g/mol. The van der Waals surface area contributed by atoms with Gasteiger partial charge in [-0.15, -0.1) is 0 Å². The van der Waals surface area contributed by atoms with Gasteiger partial charge >= 0.3 is 0 Å². The average Bonchev–Trinajstić information content (AvgIpc) is 3.10. The number of rotatable bonds is 5. The van der Waals surface area contributed by atoms with Crippen molar-refractivity contribution in [3.63, 3.8) is 0 Å². The number of carbonyl (C=O) groups is 2. The van der Waals surface area contributed by atoms with E-state index in [0.717, 1.165) is 18.4 Å². The summed E-state index contributed by atoms with van der Waals surface area (Å²) in [5.74, 6) is -0.379. The van der Waals surface area contributed by atoms with Crippen LogP contribution in [0.5, 0.6) is 5.75 Å². The molecule has 96 valence electrons. The molecular formula is C13H16N2O3. The largest absolute Gasteiger partial charge is 0.483 e. The van der Waals surface area contributed by atoms with Crippen LogP contribution in [0.1, 0.15) is 28.8 Å². The molecule has 0 unspecified atom stereocenters. The van der Waals surface area contributed by atoms with Gasteiger partial charge in [-0.25, -0.2) is 0 Å². The number of ether oxygens (including phenoxy) is 1. The normalized spacial score (nSPS) is 14.1. The van der Waals surface area contributed by atoms with E-state index >= 15 is 0 Å². The molecule has 3 N–H and O–H groups in total. The van der Waals surface area contributed by atoms with Gasteiger partial charge in [0.25, 0.3) is 11.8 Å². The van der Waals surface area contributed by atoms with E-state index in [9.17, 15) is 9.59 Å². The van der Waals surface area contributed by atoms with Crippen molar-refractivity contribution in [2.24, 2.45) is 5.73 Å². The molecule has 0 spiro atoms. The van der Waals surface area contributed by atoms with E-state index in [4.69, 9.17) is 10.5 Å². The summed E-state index contributed by atoms with van der Waals surface area (Å²) in [7, 11) is 0. The van der Waals surface area contributed by atoms with Crippen molar-refractivity contribution in [3.05, 3.63) is 29.3 Å². The monoisotopic (exact) mass is 248 g/mol. The molecule has 1 saturated carbocycles. The van der Waals surface area contributed by atoms with Gasteiger partial charge in [0.05, 0.1) is 5.56 Å². The minimum absolute atomic E-state index is 0.0970. The van der Waals surface area contributed by atoms with Gasteiger partial charge in [-0.05, 0) is 37.5 Å². The lowest BCUT2D eigenvalue weighted by Crippen LogP contribution is -2.30. The number of amides is 2. The van der Waals surface area contributed by atoms with Crippen LogP contribution in [-0.2, 0) is 4.79 Å². The summed E-state index contributed by atoms with van der Waals surface area (Å²) in [4.78, 5) is 22.7.